The molecule has 0 saturated carbocycles. The Balaban J connectivity index is 2.24. The second-order valence-corrected chi connectivity index (χ2v) is 5.00. The smallest absolute Gasteiger partial charge is 0.324 e. The summed E-state index contributed by atoms with van der Waals surface area (Å²) < 4.78 is 39.7. The van der Waals surface area contributed by atoms with Gasteiger partial charge >= 0.3 is 11.9 Å². The van der Waals surface area contributed by atoms with Crippen LogP contribution in [0.5, 0.6) is 0 Å². The minimum atomic E-state index is -4.58. The van der Waals surface area contributed by atoms with Gasteiger partial charge in [0.25, 0.3) is 0 Å². The number of anilines is 1. The third kappa shape index (κ3) is 3.97. The van der Waals surface area contributed by atoms with Crippen molar-refractivity contribution in [3.8, 4) is 0 Å². The van der Waals surface area contributed by atoms with Crippen LogP contribution in [-0.2, 0) is 17.5 Å². The van der Waals surface area contributed by atoms with Crippen LogP contribution >= 0.6 is 0 Å². The lowest BCUT2D eigenvalue weighted by Gasteiger charge is -2.14. The average Bonchev–Trinajstić information content (AvgIpc) is 2.42. The van der Waals surface area contributed by atoms with E-state index in [4.69, 9.17) is 0 Å². The van der Waals surface area contributed by atoms with E-state index in [9.17, 15) is 22.8 Å². The number of carbonyl (C=O) groups is 1. The monoisotopic (exact) mass is 325 g/mol. The first-order valence-electron chi connectivity index (χ1n) is 6.69. The number of alkyl halides is 3. The summed E-state index contributed by atoms with van der Waals surface area (Å²) in [6.45, 7) is 2.84. The molecule has 0 aliphatic heterocycles. The van der Waals surface area contributed by atoms with Crippen molar-refractivity contribution in [2.24, 2.45) is 0 Å². The van der Waals surface area contributed by atoms with Gasteiger partial charge in [0.2, 0.25) is 5.91 Å². The molecule has 2 rings (SSSR count). The molecule has 8 heteroatoms. The fourth-order valence-electron chi connectivity index (χ4n) is 2.14. The Bertz CT molecular complexity index is 797. The lowest BCUT2D eigenvalue weighted by molar-refractivity contribution is -0.137. The maximum Gasteiger partial charge on any atom is 0.418 e. The molecule has 0 fully saturated rings. The van der Waals surface area contributed by atoms with Crippen LogP contribution < -0.4 is 11.0 Å². The van der Waals surface area contributed by atoms with E-state index in [0.717, 1.165) is 16.7 Å². The Kier molecular flexibility index (Phi) is 4.53. The van der Waals surface area contributed by atoms with Gasteiger partial charge in [0.15, 0.2) is 0 Å². The number of rotatable bonds is 3. The highest BCUT2D eigenvalue weighted by Gasteiger charge is 2.33. The molecular weight excluding hydrogens is 311 g/mol. The van der Waals surface area contributed by atoms with Gasteiger partial charge in [-0.2, -0.15) is 18.2 Å². The molecule has 1 N–H and O–H groups in total. The summed E-state index contributed by atoms with van der Waals surface area (Å²) in [7, 11) is 0. The average molecular weight is 325 g/mol. The van der Waals surface area contributed by atoms with E-state index in [1.807, 2.05) is 0 Å². The van der Waals surface area contributed by atoms with Crippen molar-refractivity contribution in [1.82, 2.24) is 9.55 Å². The Labute approximate surface area is 129 Å². The topological polar surface area (TPSA) is 64.0 Å². The Morgan fingerprint density at radius 2 is 1.91 bits per heavy atom. The molecule has 1 heterocycles. The molecule has 0 radical (unpaired) electrons. The SMILES string of the molecule is Cc1cc(C)n(CC(=O)Nc2ccccc2C(F)(F)F)c(=O)n1. The summed E-state index contributed by atoms with van der Waals surface area (Å²) >= 11 is 0. The van der Waals surface area contributed by atoms with Crippen molar-refractivity contribution in [3.05, 3.63) is 57.8 Å². The first kappa shape index (κ1) is 16.7. The molecule has 0 saturated heterocycles. The minimum absolute atomic E-state index is 0.351. The lowest BCUT2D eigenvalue weighted by atomic mass is 10.1. The molecule has 23 heavy (non-hydrogen) atoms. The van der Waals surface area contributed by atoms with Gasteiger partial charge < -0.3 is 5.32 Å². The predicted octanol–water partition coefficient (Wildman–Crippen LogP) is 2.52. The molecular formula is C15H14F3N3O2. The van der Waals surface area contributed by atoms with Gasteiger partial charge in [-0.25, -0.2) is 4.79 Å². The molecule has 0 atom stereocenters. The van der Waals surface area contributed by atoms with Crippen molar-refractivity contribution < 1.29 is 18.0 Å². The second-order valence-electron chi connectivity index (χ2n) is 5.00. The third-order valence-electron chi connectivity index (χ3n) is 3.15. The molecule has 0 bridgehead atoms. The molecule has 5 nitrogen and oxygen atoms in total. The first-order valence-corrected chi connectivity index (χ1v) is 6.69. The molecule has 1 aromatic heterocycles. The standard InChI is InChI=1S/C15H14F3N3O2/c1-9-7-10(2)21(14(23)19-9)8-13(22)20-12-6-4-3-5-11(12)15(16,17)18/h3-7H,8H2,1-2H3,(H,20,22). The zero-order chi connectivity index (χ0) is 17.2. The maximum absolute atomic E-state index is 12.9. The van der Waals surface area contributed by atoms with Gasteiger partial charge in [0.1, 0.15) is 6.54 Å². The Morgan fingerprint density at radius 1 is 1.26 bits per heavy atom. The van der Waals surface area contributed by atoms with Crippen molar-refractivity contribution >= 4 is 11.6 Å². The van der Waals surface area contributed by atoms with Gasteiger partial charge in [0, 0.05) is 11.4 Å². The normalized spacial score (nSPS) is 11.3. The quantitative estimate of drug-likeness (QED) is 0.943. The number of benzene rings is 1. The van der Waals surface area contributed by atoms with Gasteiger partial charge in [0.05, 0.1) is 11.3 Å². The van der Waals surface area contributed by atoms with Gasteiger partial charge in [-0.05, 0) is 32.0 Å². The number of aryl methyl sites for hydroxylation is 2. The van der Waals surface area contributed by atoms with Crippen molar-refractivity contribution in [1.29, 1.82) is 0 Å². The maximum atomic E-state index is 12.9. The van der Waals surface area contributed by atoms with Gasteiger partial charge in [-0.1, -0.05) is 12.1 Å². The Hall–Kier alpha value is -2.64. The highest BCUT2D eigenvalue weighted by atomic mass is 19.4. The molecule has 1 amide bonds. The zero-order valence-electron chi connectivity index (χ0n) is 12.4. The fraction of sp³-hybridized carbons (Fsp3) is 0.267. The van der Waals surface area contributed by atoms with Crippen molar-refractivity contribution in [2.75, 3.05) is 5.32 Å². The molecule has 122 valence electrons. The van der Waals surface area contributed by atoms with E-state index in [1.165, 1.54) is 12.1 Å². The Morgan fingerprint density at radius 3 is 2.52 bits per heavy atom. The number of para-hydroxylation sites is 1. The van der Waals surface area contributed by atoms with E-state index in [0.29, 0.717) is 11.4 Å². The summed E-state index contributed by atoms with van der Waals surface area (Å²) in [6, 6.07) is 6.26. The van der Waals surface area contributed by atoms with Crippen molar-refractivity contribution in [2.45, 2.75) is 26.6 Å². The molecule has 0 unspecified atom stereocenters. The summed E-state index contributed by atoms with van der Waals surface area (Å²) in [5, 5.41) is 2.19. The van der Waals surface area contributed by atoms with E-state index in [-0.39, 0.29) is 5.69 Å². The summed E-state index contributed by atoms with van der Waals surface area (Å²) in [5.74, 6) is -0.738. The van der Waals surface area contributed by atoms with Crippen LogP contribution in [0, 0.1) is 13.8 Å². The number of amides is 1. The highest BCUT2D eigenvalue weighted by Crippen LogP contribution is 2.34. The summed E-state index contributed by atoms with van der Waals surface area (Å²) in [4.78, 5) is 27.4. The summed E-state index contributed by atoms with van der Waals surface area (Å²) in [5.41, 5.74) is -0.912. The number of hydrogen-bond acceptors (Lipinski definition) is 3. The lowest BCUT2D eigenvalue weighted by Crippen LogP contribution is -2.31. The van der Waals surface area contributed by atoms with Crippen LogP contribution in [0.4, 0.5) is 18.9 Å². The number of nitrogens with one attached hydrogen (secondary N) is 1. The van der Waals surface area contributed by atoms with Crippen LogP contribution in [0.2, 0.25) is 0 Å². The summed E-state index contributed by atoms with van der Waals surface area (Å²) in [6.07, 6.45) is -4.58. The van der Waals surface area contributed by atoms with Crippen LogP contribution in [0.15, 0.2) is 35.1 Å². The number of halogens is 3. The molecule has 0 aliphatic rings. The number of aromatic nitrogens is 2. The predicted molar refractivity (Wildman–Crippen MR) is 78.0 cm³/mol. The molecule has 0 spiro atoms. The van der Waals surface area contributed by atoms with Crippen LogP contribution in [0.1, 0.15) is 17.0 Å². The third-order valence-corrected chi connectivity index (χ3v) is 3.15. The van der Waals surface area contributed by atoms with E-state index >= 15 is 0 Å². The number of hydrogen-bond donors (Lipinski definition) is 1. The number of nitrogens with zero attached hydrogens (tertiary/aromatic N) is 2. The second kappa shape index (κ2) is 6.23. The van der Waals surface area contributed by atoms with Crippen molar-refractivity contribution in [3.63, 3.8) is 0 Å². The van der Waals surface area contributed by atoms with Crippen LogP contribution in [0.3, 0.4) is 0 Å². The largest absolute Gasteiger partial charge is 0.418 e. The first-order chi connectivity index (χ1) is 10.7. The minimum Gasteiger partial charge on any atom is -0.324 e. The number of carbonyl (C=O) groups excluding carboxylic acids is 1. The molecule has 1 aromatic carbocycles. The molecule has 2 aromatic rings. The molecule has 0 aliphatic carbocycles. The van der Waals surface area contributed by atoms with Gasteiger partial charge in [-0.15, -0.1) is 0 Å². The van der Waals surface area contributed by atoms with Gasteiger partial charge in [-0.3, -0.25) is 9.36 Å². The van der Waals surface area contributed by atoms with E-state index < -0.39 is 29.9 Å². The van der Waals surface area contributed by atoms with Crippen LogP contribution in [-0.4, -0.2) is 15.5 Å². The zero-order valence-corrected chi connectivity index (χ0v) is 12.4. The van der Waals surface area contributed by atoms with E-state index in [1.54, 1.807) is 19.9 Å². The van der Waals surface area contributed by atoms with E-state index in [2.05, 4.69) is 10.3 Å². The van der Waals surface area contributed by atoms with Crippen LogP contribution in [0.25, 0.3) is 0 Å². The highest BCUT2D eigenvalue weighted by molar-refractivity contribution is 5.91. The fourth-order valence-corrected chi connectivity index (χ4v) is 2.14.